The third kappa shape index (κ3) is 2.48. The van der Waals surface area contributed by atoms with Crippen LogP contribution < -0.4 is 0 Å². The summed E-state index contributed by atoms with van der Waals surface area (Å²) in [7, 11) is 0. The molecule has 1 heterocycles. The quantitative estimate of drug-likeness (QED) is 0.780. The standard InChI is InChI=1S/C12H11NO3/c14-11(15)7-6-10-8-16-12(13-10)9-4-2-1-3-5-9/h1-7,10H,8H2,(H,14,15)/b7-6+. The van der Waals surface area contributed by atoms with Crippen LogP contribution >= 0.6 is 0 Å². The summed E-state index contributed by atoms with van der Waals surface area (Å²) in [5.74, 6) is -0.399. The van der Waals surface area contributed by atoms with E-state index >= 15 is 0 Å². The molecule has 0 saturated heterocycles. The molecule has 1 aliphatic rings. The summed E-state index contributed by atoms with van der Waals surface area (Å²) in [5, 5.41) is 8.48. The second kappa shape index (κ2) is 4.61. The Morgan fingerprint density at radius 1 is 1.44 bits per heavy atom. The molecule has 0 aliphatic carbocycles. The van der Waals surface area contributed by atoms with Crippen LogP contribution in [-0.2, 0) is 9.53 Å². The van der Waals surface area contributed by atoms with E-state index in [1.807, 2.05) is 30.3 Å². The number of aliphatic carboxylic acids is 1. The number of hydrogen-bond acceptors (Lipinski definition) is 3. The zero-order chi connectivity index (χ0) is 11.4. The van der Waals surface area contributed by atoms with Crippen molar-refractivity contribution in [3.8, 4) is 0 Å². The third-order valence-corrected chi connectivity index (χ3v) is 2.16. The van der Waals surface area contributed by atoms with Gasteiger partial charge >= 0.3 is 5.97 Å². The summed E-state index contributed by atoms with van der Waals surface area (Å²) in [6.07, 6.45) is 2.61. The van der Waals surface area contributed by atoms with Crippen LogP contribution in [0, 0.1) is 0 Å². The van der Waals surface area contributed by atoms with Crippen molar-refractivity contribution in [2.45, 2.75) is 6.04 Å². The van der Waals surface area contributed by atoms with Crippen LogP contribution in [-0.4, -0.2) is 29.6 Å². The summed E-state index contributed by atoms with van der Waals surface area (Å²) < 4.78 is 5.39. The molecule has 82 valence electrons. The van der Waals surface area contributed by atoms with E-state index < -0.39 is 5.97 Å². The predicted octanol–water partition coefficient (Wildman–Crippen LogP) is 1.47. The zero-order valence-corrected chi connectivity index (χ0v) is 8.54. The minimum atomic E-state index is -0.969. The van der Waals surface area contributed by atoms with Gasteiger partial charge in [-0.3, -0.25) is 0 Å². The highest BCUT2D eigenvalue weighted by atomic mass is 16.5. The molecule has 0 fully saturated rings. The molecule has 4 heteroatoms. The van der Waals surface area contributed by atoms with Crippen molar-refractivity contribution in [2.24, 2.45) is 4.99 Å². The molecule has 4 nitrogen and oxygen atoms in total. The Balaban J connectivity index is 2.10. The van der Waals surface area contributed by atoms with Gasteiger partial charge in [0.1, 0.15) is 12.6 Å². The van der Waals surface area contributed by atoms with E-state index in [0.717, 1.165) is 11.6 Å². The predicted molar refractivity (Wildman–Crippen MR) is 59.5 cm³/mol. The van der Waals surface area contributed by atoms with Crippen LogP contribution in [0.3, 0.4) is 0 Å². The Hall–Kier alpha value is -2.10. The SMILES string of the molecule is O=C(O)/C=C/C1COC(c2ccccc2)=N1. The fourth-order valence-corrected chi connectivity index (χ4v) is 1.42. The lowest BCUT2D eigenvalue weighted by molar-refractivity contribution is -0.131. The molecule has 1 atom stereocenters. The number of ether oxygens (including phenoxy) is 1. The molecule has 0 saturated carbocycles. The molecule has 0 bridgehead atoms. The highest BCUT2D eigenvalue weighted by Gasteiger charge is 2.17. The number of nitrogens with zero attached hydrogens (tertiary/aromatic N) is 1. The Morgan fingerprint density at radius 3 is 2.88 bits per heavy atom. The molecule has 1 aromatic carbocycles. The molecule has 0 radical (unpaired) electrons. The fourth-order valence-electron chi connectivity index (χ4n) is 1.42. The second-order valence-electron chi connectivity index (χ2n) is 3.38. The minimum Gasteiger partial charge on any atom is -0.478 e. The maximum Gasteiger partial charge on any atom is 0.328 e. The Labute approximate surface area is 92.9 Å². The topological polar surface area (TPSA) is 58.9 Å². The van der Waals surface area contributed by atoms with E-state index in [1.54, 1.807) is 0 Å². The molecule has 16 heavy (non-hydrogen) atoms. The summed E-state index contributed by atoms with van der Waals surface area (Å²) in [6.45, 7) is 0.397. The van der Waals surface area contributed by atoms with Crippen LogP contribution in [0.1, 0.15) is 5.56 Å². The van der Waals surface area contributed by atoms with Crippen LogP contribution in [0.4, 0.5) is 0 Å². The van der Waals surface area contributed by atoms with Gasteiger partial charge in [-0.25, -0.2) is 9.79 Å². The van der Waals surface area contributed by atoms with Crippen molar-refractivity contribution in [1.29, 1.82) is 0 Å². The summed E-state index contributed by atoms with van der Waals surface area (Å²) in [4.78, 5) is 14.6. The average molecular weight is 217 g/mol. The molecule has 0 amide bonds. The molecular formula is C12H11NO3. The van der Waals surface area contributed by atoms with Crippen molar-refractivity contribution < 1.29 is 14.6 Å². The summed E-state index contributed by atoms with van der Waals surface area (Å²) >= 11 is 0. The molecule has 1 unspecified atom stereocenters. The Morgan fingerprint density at radius 2 is 2.19 bits per heavy atom. The molecule has 1 N–H and O–H groups in total. The minimum absolute atomic E-state index is 0.202. The first kappa shape index (κ1) is 10.4. The molecular weight excluding hydrogens is 206 g/mol. The highest BCUT2D eigenvalue weighted by molar-refractivity contribution is 5.95. The lowest BCUT2D eigenvalue weighted by Gasteiger charge is -1.99. The van der Waals surface area contributed by atoms with Crippen LogP contribution in [0.25, 0.3) is 0 Å². The lowest BCUT2D eigenvalue weighted by atomic mass is 10.2. The van der Waals surface area contributed by atoms with Crippen molar-refractivity contribution in [2.75, 3.05) is 6.61 Å². The largest absolute Gasteiger partial charge is 0.478 e. The number of carbonyl (C=O) groups is 1. The molecule has 2 rings (SSSR count). The van der Waals surface area contributed by atoms with E-state index in [2.05, 4.69) is 4.99 Å². The molecule has 0 spiro atoms. The number of hydrogen-bond donors (Lipinski definition) is 1. The number of benzene rings is 1. The third-order valence-electron chi connectivity index (χ3n) is 2.16. The van der Waals surface area contributed by atoms with Crippen molar-refractivity contribution in [3.05, 3.63) is 48.0 Å². The summed E-state index contributed by atoms with van der Waals surface area (Å²) in [5.41, 5.74) is 0.911. The van der Waals surface area contributed by atoms with Gasteiger partial charge < -0.3 is 9.84 Å². The van der Waals surface area contributed by atoms with Crippen LogP contribution in [0.5, 0.6) is 0 Å². The van der Waals surface area contributed by atoms with Crippen molar-refractivity contribution in [3.63, 3.8) is 0 Å². The molecule has 1 aliphatic heterocycles. The average Bonchev–Trinajstić information content (AvgIpc) is 2.76. The maximum absolute atomic E-state index is 10.3. The maximum atomic E-state index is 10.3. The van der Waals surface area contributed by atoms with Gasteiger partial charge in [0.05, 0.1) is 0 Å². The molecule has 1 aromatic rings. The van der Waals surface area contributed by atoms with Gasteiger partial charge in [-0.15, -0.1) is 0 Å². The monoisotopic (exact) mass is 217 g/mol. The smallest absolute Gasteiger partial charge is 0.328 e. The number of carboxylic acid groups (broad SMARTS) is 1. The van der Waals surface area contributed by atoms with Crippen molar-refractivity contribution >= 4 is 11.9 Å². The van der Waals surface area contributed by atoms with Gasteiger partial charge in [0.15, 0.2) is 0 Å². The highest BCUT2D eigenvalue weighted by Crippen LogP contribution is 2.12. The van der Waals surface area contributed by atoms with Crippen molar-refractivity contribution in [1.82, 2.24) is 0 Å². The van der Waals surface area contributed by atoms with Gasteiger partial charge in [-0.2, -0.15) is 0 Å². The normalized spacial score (nSPS) is 19.5. The fraction of sp³-hybridized carbons (Fsp3) is 0.167. The lowest BCUT2D eigenvalue weighted by Crippen LogP contribution is -2.03. The van der Waals surface area contributed by atoms with Gasteiger partial charge in [0.2, 0.25) is 5.90 Å². The molecule has 0 aromatic heterocycles. The Bertz CT molecular complexity index is 437. The van der Waals surface area contributed by atoms with Gasteiger partial charge in [0, 0.05) is 11.6 Å². The van der Waals surface area contributed by atoms with Gasteiger partial charge in [-0.05, 0) is 18.2 Å². The number of aliphatic imine (C=N–C) groups is 1. The Kier molecular flexibility index (Phi) is 3.00. The van der Waals surface area contributed by atoms with E-state index in [-0.39, 0.29) is 6.04 Å². The zero-order valence-electron chi connectivity index (χ0n) is 8.54. The number of carboxylic acids is 1. The number of rotatable bonds is 3. The first-order valence-corrected chi connectivity index (χ1v) is 4.93. The van der Waals surface area contributed by atoms with E-state index in [0.29, 0.717) is 12.5 Å². The van der Waals surface area contributed by atoms with Gasteiger partial charge in [-0.1, -0.05) is 18.2 Å². The first-order chi connectivity index (χ1) is 7.75. The second-order valence-corrected chi connectivity index (χ2v) is 3.38. The van der Waals surface area contributed by atoms with E-state index in [1.165, 1.54) is 6.08 Å². The first-order valence-electron chi connectivity index (χ1n) is 4.93. The van der Waals surface area contributed by atoms with Crippen LogP contribution in [0.15, 0.2) is 47.5 Å². The summed E-state index contributed by atoms with van der Waals surface area (Å²) in [6, 6.07) is 9.33. The van der Waals surface area contributed by atoms with E-state index in [9.17, 15) is 4.79 Å². The van der Waals surface area contributed by atoms with E-state index in [4.69, 9.17) is 9.84 Å². The van der Waals surface area contributed by atoms with Gasteiger partial charge in [0.25, 0.3) is 0 Å². The van der Waals surface area contributed by atoms with Crippen LogP contribution in [0.2, 0.25) is 0 Å².